The maximum atomic E-state index is 11.8. The molecule has 0 saturated heterocycles. The average Bonchev–Trinajstić information content (AvgIpc) is 2.63. The Morgan fingerprint density at radius 2 is 1.96 bits per heavy atom. The molecule has 2 aromatic carbocycles. The van der Waals surface area contributed by atoms with Crippen LogP contribution in [0.2, 0.25) is 5.02 Å². The maximum Gasteiger partial charge on any atom is 0.339 e. The van der Waals surface area contributed by atoms with Gasteiger partial charge in [-0.25, -0.2) is 4.79 Å². The van der Waals surface area contributed by atoms with E-state index >= 15 is 0 Å². The molecule has 0 amide bonds. The quantitative estimate of drug-likeness (QED) is 0.353. The van der Waals surface area contributed by atoms with Gasteiger partial charge in [0.15, 0.2) is 5.11 Å². The van der Waals surface area contributed by atoms with E-state index in [0.717, 1.165) is 23.7 Å². The van der Waals surface area contributed by atoms with Gasteiger partial charge in [-0.2, -0.15) is 11.8 Å². The van der Waals surface area contributed by atoms with Gasteiger partial charge in [0.1, 0.15) is 0 Å². The summed E-state index contributed by atoms with van der Waals surface area (Å²) in [5.41, 5.74) is 3.66. The Morgan fingerprint density at radius 3 is 2.63 bits per heavy atom. The summed E-state index contributed by atoms with van der Waals surface area (Å²) in [6, 6.07) is 13.6. The zero-order valence-corrected chi connectivity index (χ0v) is 17.8. The third-order valence-corrected chi connectivity index (χ3v) is 5.23. The van der Waals surface area contributed by atoms with E-state index in [-0.39, 0.29) is 0 Å². The Hall–Kier alpha value is -1.76. The Morgan fingerprint density at radius 1 is 1.22 bits per heavy atom. The van der Waals surface area contributed by atoms with E-state index in [9.17, 15) is 4.79 Å². The summed E-state index contributed by atoms with van der Waals surface area (Å²) in [7, 11) is 0. The third-order valence-electron chi connectivity index (χ3n) is 3.64. The molecule has 0 saturated carbocycles. The topological polar surface area (TPSA) is 50.4 Å². The number of benzene rings is 2. The summed E-state index contributed by atoms with van der Waals surface area (Å²) in [5, 5.41) is 7.09. The van der Waals surface area contributed by atoms with E-state index in [4.69, 9.17) is 28.6 Å². The van der Waals surface area contributed by atoms with Gasteiger partial charge in [-0.05, 0) is 49.8 Å². The predicted octanol–water partition coefficient (Wildman–Crippen LogP) is 5.04. The van der Waals surface area contributed by atoms with E-state index in [2.05, 4.69) is 41.8 Å². The molecule has 27 heavy (non-hydrogen) atoms. The molecule has 0 heterocycles. The molecule has 0 radical (unpaired) electrons. The third kappa shape index (κ3) is 7.40. The highest BCUT2D eigenvalue weighted by atomic mass is 35.5. The molecule has 0 aliphatic rings. The molecule has 144 valence electrons. The number of rotatable bonds is 8. The number of thiocarbonyl (C=S) groups is 1. The van der Waals surface area contributed by atoms with Crippen LogP contribution in [0, 0.1) is 6.92 Å². The van der Waals surface area contributed by atoms with E-state index in [1.807, 2.05) is 11.8 Å². The van der Waals surface area contributed by atoms with Gasteiger partial charge >= 0.3 is 5.97 Å². The van der Waals surface area contributed by atoms with Crippen LogP contribution >= 0.6 is 35.6 Å². The number of nitrogens with one attached hydrogen (secondary N) is 2. The van der Waals surface area contributed by atoms with Crippen molar-refractivity contribution in [2.75, 3.05) is 24.2 Å². The number of carbonyl (C=O) groups excluding carboxylic acids is 1. The molecular formula is C20H23ClN2O2S2. The van der Waals surface area contributed by atoms with Gasteiger partial charge in [0.2, 0.25) is 0 Å². The minimum Gasteiger partial charge on any atom is -0.462 e. The zero-order chi connectivity index (χ0) is 19.6. The molecule has 0 aromatic heterocycles. The van der Waals surface area contributed by atoms with Crippen LogP contribution < -0.4 is 10.6 Å². The normalized spacial score (nSPS) is 10.3. The lowest BCUT2D eigenvalue weighted by Crippen LogP contribution is -2.30. The second-order valence-electron chi connectivity index (χ2n) is 5.83. The van der Waals surface area contributed by atoms with Crippen LogP contribution in [-0.2, 0) is 10.5 Å². The maximum absolute atomic E-state index is 11.8. The van der Waals surface area contributed by atoms with Gasteiger partial charge in [0.25, 0.3) is 0 Å². The average molecular weight is 423 g/mol. The number of hydrogen-bond acceptors (Lipinski definition) is 4. The standard InChI is InChI=1S/C20H23ClN2O2S2/c1-3-25-19(24)17-9-8-16(12-18(17)21)23-20(26)22-10-11-27-13-15-6-4-14(2)5-7-15/h4-9,12H,3,10-11,13H2,1-2H3,(H2,22,23,26). The van der Waals surface area contributed by atoms with E-state index in [1.165, 1.54) is 11.1 Å². The van der Waals surface area contributed by atoms with Gasteiger partial charge in [0.05, 0.1) is 17.2 Å². The monoisotopic (exact) mass is 422 g/mol. The first kappa shape index (κ1) is 21.5. The summed E-state index contributed by atoms with van der Waals surface area (Å²) < 4.78 is 4.96. The lowest BCUT2D eigenvalue weighted by atomic mass is 10.2. The van der Waals surface area contributed by atoms with E-state index in [0.29, 0.717) is 22.3 Å². The van der Waals surface area contributed by atoms with Crippen molar-refractivity contribution >= 4 is 52.3 Å². The molecule has 7 heteroatoms. The lowest BCUT2D eigenvalue weighted by molar-refractivity contribution is 0.0526. The van der Waals surface area contributed by atoms with Crippen LogP contribution in [0.25, 0.3) is 0 Å². The number of carbonyl (C=O) groups is 1. The molecule has 4 nitrogen and oxygen atoms in total. The molecule has 2 rings (SSSR count). The Kier molecular flexibility index (Phi) is 8.91. The van der Waals surface area contributed by atoms with Gasteiger partial charge < -0.3 is 15.4 Å². The van der Waals surface area contributed by atoms with Crippen molar-refractivity contribution in [2.45, 2.75) is 19.6 Å². The Labute approximate surface area is 175 Å². The van der Waals surface area contributed by atoms with Crippen LogP contribution in [0.1, 0.15) is 28.4 Å². The molecule has 0 fully saturated rings. The molecule has 2 aromatic rings. The molecule has 0 aliphatic heterocycles. The van der Waals surface area contributed by atoms with Crippen LogP contribution in [-0.4, -0.2) is 30.0 Å². The van der Waals surface area contributed by atoms with Gasteiger partial charge in [-0.3, -0.25) is 0 Å². The van der Waals surface area contributed by atoms with Crippen molar-refractivity contribution in [1.29, 1.82) is 0 Å². The molecule has 0 aliphatic carbocycles. The number of esters is 1. The molecule has 2 N–H and O–H groups in total. The first-order valence-electron chi connectivity index (χ1n) is 8.64. The molecule has 0 bridgehead atoms. The zero-order valence-electron chi connectivity index (χ0n) is 15.4. The smallest absolute Gasteiger partial charge is 0.339 e. The number of thioether (sulfide) groups is 1. The van der Waals surface area contributed by atoms with Crippen molar-refractivity contribution in [3.8, 4) is 0 Å². The number of anilines is 1. The van der Waals surface area contributed by atoms with E-state index < -0.39 is 5.97 Å². The van der Waals surface area contributed by atoms with Crippen molar-refractivity contribution < 1.29 is 9.53 Å². The van der Waals surface area contributed by atoms with Gasteiger partial charge in [-0.1, -0.05) is 41.4 Å². The highest BCUT2D eigenvalue weighted by Crippen LogP contribution is 2.22. The van der Waals surface area contributed by atoms with Crippen molar-refractivity contribution in [1.82, 2.24) is 5.32 Å². The highest BCUT2D eigenvalue weighted by molar-refractivity contribution is 7.98. The number of aryl methyl sites for hydroxylation is 1. The fraction of sp³-hybridized carbons (Fsp3) is 0.300. The fourth-order valence-corrected chi connectivity index (χ4v) is 3.55. The summed E-state index contributed by atoms with van der Waals surface area (Å²) in [6.45, 7) is 4.92. The van der Waals surface area contributed by atoms with E-state index in [1.54, 1.807) is 25.1 Å². The summed E-state index contributed by atoms with van der Waals surface area (Å²) >= 11 is 13.3. The van der Waals surface area contributed by atoms with Crippen LogP contribution in [0.5, 0.6) is 0 Å². The summed E-state index contributed by atoms with van der Waals surface area (Å²) in [6.07, 6.45) is 0. The van der Waals surface area contributed by atoms with Crippen LogP contribution in [0.3, 0.4) is 0 Å². The van der Waals surface area contributed by atoms with Crippen molar-refractivity contribution in [2.24, 2.45) is 0 Å². The molecular weight excluding hydrogens is 400 g/mol. The molecule has 0 spiro atoms. The largest absolute Gasteiger partial charge is 0.462 e. The second kappa shape index (κ2) is 11.2. The SMILES string of the molecule is CCOC(=O)c1ccc(NC(=S)NCCSCc2ccc(C)cc2)cc1Cl. The minimum atomic E-state index is -0.430. The Bertz CT molecular complexity index is 782. The van der Waals surface area contributed by atoms with Crippen LogP contribution in [0.15, 0.2) is 42.5 Å². The second-order valence-corrected chi connectivity index (χ2v) is 7.75. The molecule has 0 unspecified atom stereocenters. The van der Waals surface area contributed by atoms with Gasteiger partial charge in [0, 0.05) is 23.7 Å². The lowest BCUT2D eigenvalue weighted by Gasteiger charge is -2.12. The number of halogens is 1. The number of hydrogen-bond donors (Lipinski definition) is 2. The fourth-order valence-electron chi connectivity index (χ4n) is 2.25. The van der Waals surface area contributed by atoms with Gasteiger partial charge in [-0.15, -0.1) is 0 Å². The predicted molar refractivity (Wildman–Crippen MR) is 119 cm³/mol. The van der Waals surface area contributed by atoms with Crippen molar-refractivity contribution in [3.63, 3.8) is 0 Å². The summed E-state index contributed by atoms with van der Waals surface area (Å²) in [4.78, 5) is 11.8. The minimum absolute atomic E-state index is 0.311. The van der Waals surface area contributed by atoms with Crippen LogP contribution in [0.4, 0.5) is 5.69 Å². The molecule has 0 atom stereocenters. The first-order chi connectivity index (χ1) is 13.0. The number of ether oxygens (including phenoxy) is 1. The Balaban J connectivity index is 1.71. The summed E-state index contributed by atoms with van der Waals surface area (Å²) in [5.74, 6) is 1.49. The highest BCUT2D eigenvalue weighted by Gasteiger charge is 2.12. The van der Waals surface area contributed by atoms with Crippen molar-refractivity contribution in [3.05, 3.63) is 64.2 Å². The first-order valence-corrected chi connectivity index (χ1v) is 10.6.